The van der Waals surface area contributed by atoms with Crippen LogP contribution in [0.5, 0.6) is 0 Å². The minimum Gasteiger partial charge on any atom is -0.344 e. The molecule has 5 aromatic carbocycles. The van der Waals surface area contributed by atoms with Gasteiger partial charge in [-0.1, -0.05) is 110 Å². The molecule has 1 fully saturated rings. The van der Waals surface area contributed by atoms with Crippen LogP contribution in [0, 0.1) is 0 Å². The zero-order chi connectivity index (χ0) is 45.6. The van der Waals surface area contributed by atoms with Crippen molar-refractivity contribution in [3.63, 3.8) is 0 Å². The molecular weight excluding hydrogens is 876 g/mol. The number of likely N-dealkylation sites (N-methyl/N-ethyl adjacent to an activating group) is 1. The standard InChI is InChI=1S/C45H42ClN2.C4H3F6NO2S2/c1-7-47-37-25-21-29-15-9-11-17-31(29)41(37)44(3,4)39(47)27-23-35-33-19-13-14-20-34(33)36(43(35)46)24-28-40-45(5,6)42-32-18-12-10-16-30(32)22-26-38(42)48(40)8-2;1-11-14(12)3(7,8)2(5,6)4(9,10)15(11)13/h9-28H,7-8H2,1-6H3;1H3/q+1;. The molecule has 5 nitrogen and oxygen atoms in total. The first-order chi connectivity index (χ1) is 29.7. The highest BCUT2D eigenvalue weighted by molar-refractivity contribution is 7.99. The van der Waals surface area contributed by atoms with E-state index in [0.29, 0.717) is 7.05 Å². The van der Waals surface area contributed by atoms with E-state index in [0.717, 1.165) is 29.3 Å². The number of alkyl halides is 6. The van der Waals surface area contributed by atoms with E-state index in [1.54, 1.807) is 0 Å². The van der Waals surface area contributed by atoms with E-state index in [4.69, 9.17) is 11.6 Å². The third-order valence-corrected chi connectivity index (χ3v) is 16.1. The van der Waals surface area contributed by atoms with Gasteiger partial charge in [-0.15, -0.1) is 3.71 Å². The summed E-state index contributed by atoms with van der Waals surface area (Å²) in [5.41, 5.74) is 12.2. The van der Waals surface area contributed by atoms with Gasteiger partial charge in [-0.05, 0) is 90.2 Å². The molecule has 0 spiro atoms. The lowest BCUT2D eigenvalue weighted by Crippen LogP contribution is -2.66. The lowest BCUT2D eigenvalue weighted by atomic mass is 9.79. The van der Waals surface area contributed by atoms with E-state index >= 15 is 0 Å². The number of fused-ring (bicyclic) bond motifs is 7. The van der Waals surface area contributed by atoms with E-state index in [-0.39, 0.29) is 10.8 Å². The van der Waals surface area contributed by atoms with Crippen LogP contribution in [-0.2, 0) is 32.8 Å². The fourth-order valence-corrected chi connectivity index (χ4v) is 12.3. The average molecular weight is 921 g/mol. The van der Waals surface area contributed by atoms with Gasteiger partial charge in [0.1, 0.15) is 6.54 Å². The van der Waals surface area contributed by atoms with Crippen LogP contribution >= 0.6 is 11.6 Å². The first-order valence-corrected chi connectivity index (χ1v) is 23.0. The molecule has 0 radical (unpaired) electrons. The summed E-state index contributed by atoms with van der Waals surface area (Å²) in [5, 5.41) is -4.89. The summed E-state index contributed by atoms with van der Waals surface area (Å²) in [6.07, 6.45) is 9.13. The topological polar surface area (TPSA) is 43.6 Å². The van der Waals surface area contributed by atoms with Gasteiger partial charge in [0.05, 0.1) is 10.4 Å². The summed E-state index contributed by atoms with van der Waals surface area (Å²) < 4.78 is 98.7. The Morgan fingerprint density at radius 1 is 0.667 bits per heavy atom. The number of nitrogens with zero attached hydrogens (tertiary/aromatic N) is 3. The molecule has 0 aromatic heterocycles. The fraction of sp³-hybridized carbons (Fsp3) is 0.286. The number of hydrogen-bond acceptors (Lipinski definition) is 3. The fourth-order valence-electron chi connectivity index (χ4n) is 9.51. The molecular formula is C49H45ClF6N3O2S2+. The molecule has 3 heterocycles. The van der Waals surface area contributed by atoms with Crippen molar-refractivity contribution in [1.82, 2.24) is 3.71 Å². The molecule has 2 atom stereocenters. The second-order valence-corrected chi connectivity index (χ2v) is 20.5. The number of anilines is 1. The number of allylic oxidation sites excluding steroid dienone is 8. The molecule has 63 heavy (non-hydrogen) atoms. The second kappa shape index (κ2) is 15.7. The van der Waals surface area contributed by atoms with Crippen molar-refractivity contribution >= 4 is 83.3 Å². The third-order valence-electron chi connectivity index (χ3n) is 12.6. The Morgan fingerprint density at radius 3 is 1.79 bits per heavy atom. The molecule has 0 saturated carbocycles. The number of halogens is 7. The molecule has 328 valence electrons. The molecule has 4 aliphatic rings. The monoisotopic (exact) mass is 920 g/mol. The van der Waals surface area contributed by atoms with Gasteiger partial charge in [0.15, 0.2) is 27.7 Å². The minimum absolute atomic E-state index is 0.159. The molecule has 0 N–H and O–H groups in total. The highest BCUT2D eigenvalue weighted by Crippen LogP contribution is 2.54. The first-order valence-electron chi connectivity index (χ1n) is 20.4. The molecule has 5 aromatic rings. The van der Waals surface area contributed by atoms with E-state index < -0.39 is 42.1 Å². The molecule has 2 unspecified atom stereocenters. The van der Waals surface area contributed by atoms with Gasteiger partial charge in [-0.25, -0.2) is 8.42 Å². The Balaban J connectivity index is 0.000000309. The Labute approximate surface area is 372 Å². The SMILES string of the molecule is CCN1/C(=C/C=C2/C(Cl)=C(\C=C\C3=[N+](CC)c4ccc5ccccc5c4C3(C)C)c3ccccc32)C(C)(C)c2c1ccc1ccccc21.CN1S(=O)C(F)(F)C(F)(F)C(F)(F)S1=O. The van der Waals surface area contributed by atoms with Crippen molar-refractivity contribution in [2.75, 3.05) is 25.0 Å². The van der Waals surface area contributed by atoms with Crippen LogP contribution in [0.3, 0.4) is 0 Å². The molecule has 14 heteroatoms. The Morgan fingerprint density at radius 2 is 1.21 bits per heavy atom. The normalized spacial score (nSPS) is 24.1. The number of benzene rings is 5. The van der Waals surface area contributed by atoms with Crippen molar-refractivity contribution in [2.45, 2.75) is 68.8 Å². The van der Waals surface area contributed by atoms with Gasteiger partial charge in [-0.2, -0.15) is 30.9 Å². The van der Waals surface area contributed by atoms with Crippen LogP contribution < -0.4 is 4.90 Å². The van der Waals surface area contributed by atoms with Crippen LogP contribution in [0.1, 0.15) is 63.8 Å². The Kier molecular flexibility index (Phi) is 11.2. The first kappa shape index (κ1) is 44.8. The zero-order valence-electron chi connectivity index (χ0n) is 35.6. The third kappa shape index (κ3) is 6.62. The maximum atomic E-state index is 12.6. The van der Waals surface area contributed by atoms with Crippen LogP contribution in [0.25, 0.3) is 32.7 Å². The van der Waals surface area contributed by atoms with E-state index in [2.05, 4.69) is 172 Å². The van der Waals surface area contributed by atoms with Gasteiger partial charge in [0, 0.05) is 59.2 Å². The molecule has 1 aliphatic carbocycles. The highest BCUT2D eigenvalue weighted by atomic mass is 35.5. The Hall–Kier alpha value is -4.82. The number of hydrogen-bond donors (Lipinski definition) is 0. The van der Waals surface area contributed by atoms with Crippen LogP contribution in [-0.4, -0.2) is 59.0 Å². The predicted octanol–water partition coefficient (Wildman–Crippen LogP) is 12.8. The smallest absolute Gasteiger partial charge is 0.344 e. The predicted molar refractivity (Wildman–Crippen MR) is 246 cm³/mol. The summed E-state index contributed by atoms with van der Waals surface area (Å²) >= 11 is 7.39. The van der Waals surface area contributed by atoms with Gasteiger partial charge >= 0.3 is 16.4 Å². The maximum absolute atomic E-state index is 12.6. The van der Waals surface area contributed by atoms with Crippen LogP contribution in [0.15, 0.2) is 132 Å². The van der Waals surface area contributed by atoms with E-state index in [9.17, 15) is 34.8 Å². The summed E-state index contributed by atoms with van der Waals surface area (Å²) in [6, 6.07) is 35.2. The maximum Gasteiger partial charge on any atom is 0.404 e. The van der Waals surface area contributed by atoms with Gasteiger partial charge in [0.2, 0.25) is 5.69 Å². The van der Waals surface area contributed by atoms with E-state index in [1.165, 1.54) is 66.6 Å². The van der Waals surface area contributed by atoms with Crippen LogP contribution in [0.2, 0.25) is 0 Å². The summed E-state index contributed by atoms with van der Waals surface area (Å²) in [6.45, 7) is 15.7. The molecule has 0 bridgehead atoms. The molecule has 9 rings (SSSR count). The average Bonchev–Trinajstić information content (AvgIpc) is 3.76. The minimum atomic E-state index is -5.91. The van der Waals surface area contributed by atoms with Gasteiger partial charge < -0.3 is 4.90 Å². The van der Waals surface area contributed by atoms with E-state index in [1.807, 2.05) is 0 Å². The Bertz CT molecular complexity index is 2920. The zero-order valence-corrected chi connectivity index (χ0v) is 38.0. The molecule has 3 aliphatic heterocycles. The van der Waals surface area contributed by atoms with Crippen molar-refractivity contribution in [3.8, 4) is 0 Å². The largest absolute Gasteiger partial charge is 0.404 e. The highest BCUT2D eigenvalue weighted by Gasteiger charge is 2.82. The van der Waals surface area contributed by atoms with Crippen molar-refractivity contribution < 1.29 is 39.3 Å². The summed E-state index contributed by atoms with van der Waals surface area (Å²) in [4.78, 5) is 2.47. The van der Waals surface area contributed by atoms with Crippen molar-refractivity contribution in [3.05, 3.63) is 154 Å². The lowest BCUT2D eigenvalue weighted by Gasteiger charge is -2.38. The lowest BCUT2D eigenvalue weighted by molar-refractivity contribution is -0.433. The summed E-state index contributed by atoms with van der Waals surface area (Å²) in [5.74, 6) is -5.91. The van der Waals surface area contributed by atoms with Crippen molar-refractivity contribution in [1.29, 1.82) is 0 Å². The van der Waals surface area contributed by atoms with Crippen molar-refractivity contribution in [2.24, 2.45) is 0 Å². The molecule has 1 saturated heterocycles. The van der Waals surface area contributed by atoms with Crippen LogP contribution in [0.4, 0.5) is 37.7 Å². The quantitative estimate of drug-likeness (QED) is 0.130. The molecule has 0 amide bonds. The van der Waals surface area contributed by atoms with Gasteiger partial charge in [0.25, 0.3) is 0 Å². The second-order valence-electron chi connectivity index (χ2n) is 16.8. The summed E-state index contributed by atoms with van der Waals surface area (Å²) in [7, 11) is -7.16. The number of rotatable bonds is 5. The van der Waals surface area contributed by atoms with Gasteiger partial charge in [-0.3, -0.25) is 0 Å².